The molecule has 16 heavy (non-hydrogen) atoms. The summed E-state index contributed by atoms with van der Waals surface area (Å²) in [4.78, 5) is 21.4. The zero-order valence-corrected chi connectivity index (χ0v) is 8.80. The largest absolute Gasteiger partial charge is 0.315 e. The fraction of sp³-hybridized carbons (Fsp3) is 0.182. The van der Waals surface area contributed by atoms with Crippen molar-refractivity contribution in [1.29, 1.82) is 0 Å². The Kier molecular flexibility index (Phi) is 2.78. The van der Waals surface area contributed by atoms with Crippen molar-refractivity contribution < 1.29 is 4.79 Å². The smallest absolute Gasteiger partial charge is 0.281 e. The van der Waals surface area contributed by atoms with Crippen LogP contribution in [0.1, 0.15) is 6.92 Å². The summed E-state index contributed by atoms with van der Waals surface area (Å²) in [5, 5.41) is 4.21. The second-order valence-electron chi connectivity index (χ2n) is 3.47. The van der Waals surface area contributed by atoms with Gasteiger partial charge in [-0.1, -0.05) is 18.2 Å². The Morgan fingerprint density at radius 1 is 1.38 bits per heavy atom. The molecule has 0 fully saturated rings. The van der Waals surface area contributed by atoms with Gasteiger partial charge in [-0.2, -0.15) is 0 Å². The maximum Gasteiger partial charge on any atom is 0.315 e. The van der Waals surface area contributed by atoms with Crippen molar-refractivity contribution in [2.24, 2.45) is 5.18 Å². The van der Waals surface area contributed by atoms with Crippen LogP contribution in [0.25, 0.3) is 0 Å². The first-order chi connectivity index (χ1) is 7.74. The molecule has 0 aliphatic carbocycles. The number of hydrazine groups is 1. The van der Waals surface area contributed by atoms with E-state index in [1.54, 1.807) is 11.9 Å². The van der Waals surface area contributed by atoms with Gasteiger partial charge in [0.05, 0.1) is 11.3 Å². The predicted octanol–water partition coefficient (Wildman–Crippen LogP) is 1.58. The van der Waals surface area contributed by atoms with E-state index >= 15 is 0 Å². The van der Waals surface area contributed by atoms with E-state index in [-0.39, 0.29) is 0 Å². The number of rotatable bonds is 2. The van der Waals surface area contributed by atoms with Crippen LogP contribution in [0.3, 0.4) is 0 Å². The molecule has 1 aromatic rings. The van der Waals surface area contributed by atoms with E-state index in [2.05, 4.69) is 10.6 Å². The number of nitrogens with one attached hydrogen (secondary N) is 1. The third-order valence-electron chi connectivity index (χ3n) is 2.54. The van der Waals surface area contributed by atoms with Crippen molar-refractivity contribution in [3.63, 3.8) is 0 Å². The molecule has 5 nitrogen and oxygen atoms in total. The predicted molar refractivity (Wildman–Crippen MR) is 60.4 cm³/mol. The van der Waals surface area contributed by atoms with E-state index in [4.69, 9.17) is 0 Å². The number of hydrogen-bond acceptors (Lipinski definition) is 4. The van der Waals surface area contributed by atoms with Crippen molar-refractivity contribution in [1.82, 2.24) is 5.43 Å². The zero-order valence-electron chi connectivity index (χ0n) is 8.80. The molecule has 0 spiro atoms. The molecule has 0 atom stereocenters. The molecule has 1 heterocycles. The average Bonchev–Trinajstić information content (AvgIpc) is 2.71. The van der Waals surface area contributed by atoms with Crippen LogP contribution in [0.5, 0.6) is 0 Å². The molecular formula is C11H11N3O2. The van der Waals surface area contributed by atoms with Crippen molar-refractivity contribution in [2.75, 3.05) is 11.6 Å². The van der Waals surface area contributed by atoms with E-state index in [1.807, 2.05) is 30.3 Å². The lowest BCUT2D eigenvalue weighted by Gasteiger charge is -2.19. The standard InChI is InChI=1S/C11H11N3O2/c1-8-10(11(15)13-16)7-12-14(8)9-5-3-2-4-6-9/h2-6,12H,7H2,1H3. The molecule has 0 saturated heterocycles. The Bertz CT molecular complexity index is 454. The van der Waals surface area contributed by atoms with Gasteiger partial charge < -0.3 is 0 Å². The topological polar surface area (TPSA) is 61.8 Å². The van der Waals surface area contributed by atoms with E-state index < -0.39 is 5.91 Å². The highest BCUT2D eigenvalue weighted by atomic mass is 16.3. The minimum atomic E-state index is -0.705. The lowest BCUT2D eigenvalue weighted by molar-refractivity contribution is -0.114. The van der Waals surface area contributed by atoms with Crippen LogP contribution in [0.4, 0.5) is 5.69 Å². The van der Waals surface area contributed by atoms with Gasteiger partial charge in [-0.15, -0.1) is 4.91 Å². The number of amides is 1. The molecule has 5 heteroatoms. The molecule has 1 N–H and O–H groups in total. The number of carbonyl (C=O) groups is 1. The molecule has 1 aromatic carbocycles. The van der Waals surface area contributed by atoms with Gasteiger partial charge in [-0.3, -0.25) is 9.80 Å². The first-order valence-electron chi connectivity index (χ1n) is 4.90. The summed E-state index contributed by atoms with van der Waals surface area (Å²) in [5.41, 5.74) is 5.09. The lowest BCUT2D eigenvalue weighted by atomic mass is 10.2. The normalized spacial score (nSPS) is 15.4. The van der Waals surface area contributed by atoms with E-state index in [0.717, 1.165) is 11.4 Å². The average molecular weight is 217 g/mol. The maximum absolute atomic E-state index is 11.2. The summed E-state index contributed by atoms with van der Waals surface area (Å²) < 4.78 is 0. The second-order valence-corrected chi connectivity index (χ2v) is 3.47. The van der Waals surface area contributed by atoms with Gasteiger partial charge >= 0.3 is 5.91 Å². The zero-order chi connectivity index (χ0) is 11.5. The van der Waals surface area contributed by atoms with Crippen molar-refractivity contribution in [3.05, 3.63) is 46.5 Å². The van der Waals surface area contributed by atoms with E-state index in [9.17, 15) is 9.70 Å². The van der Waals surface area contributed by atoms with Crippen LogP contribution in [-0.2, 0) is 4.79 Å². The fourth-order valence-electron chi connectivity index (χ4n) is 1.69. The second kappa shape index (κ2) is 4.24. The maximum atomic E-state index is 11.2. The first kappa shape index (κ1) is 10.5. The molecule has 0 radical (unpaired) electrons. The van der Waals surface area contributed by atoms with Crippen LogP contribution < -0.4 is 10.4 Å². The van der Waals surface area contributed by atoms with Crippen molar-refractivity contribution in [2.45, 2.75) is 6.92 Å². The van der Waals surface area contributed by atoms with Gasteiger partial charge in [-0.25, -0.2) is 5.43 Å². The molecule has 2 rings (SSSR count). The van der Waals surface area contributed by atoms with Crippen molar-refractivity contribution in [3.8, 4) is 0 Å². The Balaban J connectivity index is 2.31. The summed E-state index contributed by atoms with van der Waals surface area (Å²) in [5.74, 6) is -0.705. The number of allylic oxidation sites excluding steroid dienone is 1. The van der Waals surface area contributed by atoms with Gasteiger partial charge in [0.1, 0.15) is 0 Å². The molecule has 1 aliphatic heterocycles. The van der Waals surface area contributed by atoms with Crippen LogP contribution in [-0.4, -0.2) is 12.5 Å². The Hall–Kier alpha value is -2.01. The van der Waals surface area contributed by atoms with Gasteiger partial charge in [0.25, 0.3) is 0 Å². The molecule has 1 aliphatic rings. The Morgan fingerprint density at radius 3 is 2.69 bits per heavy atom. The van der Waals surface area contributed by atoms with Crippen LogP contribution >= 0.6 is 0 Å². The number of hydrogen-bond donors (Lipinski definition) is 1. The minimum absolute atomic E-state index is 0.339. The van der Waals surface area contributed by atoms with Crippen molar-refractivity contribution >= 4 is 11.6 Å². The molecular weight excluding hydrogens is 206 g/mol. The summed E-state index contributed by atoms with van der Waals surface area (Å²) in [7, 11) is 0. The molecule has 0 bridgehead atoms. The third kappa shape index (κ3) is 1.72. The number of benzene rings is 1. The van der Waals surface area contributed by atoms with Gasteiger partial charge in [-0.05, 0) is 19.1 Å². The Labute approximate surface area is 92.7 Å². The highest BCUT2D eigenvalue weighted by molar-refractivity contribution is 5.96. The number of para-hydroxylation sites is 1. The number of nitroso groups, excluding NO2 is 1. The van der Waals surface area contributed by atoms with E-state index in [0.29, 0.717) is 12.1 Å². The number of anilines is 1. The van der Waals surface area contributed by atoms with Gasteiger partial charge in [0, 0.05) is 17.4 Å². The lowest BCUT2D eigenvalue weighted by Crippen LogP contribution is -2.30. The summed E-state index contributed by atoms with van der Waals surface area (Å²) in [6.07, 6.45) is 0. The molecule has 0 unspecified atom stereocenters. The Morgan fingerprint density at radius 2 is 2.06 bits per heavy atom. The molecule has 0 aromatic heterocycles. The van der Waals surface area contributed by atoms with Gasteiger partial charge in [0.15, 0.2) is 0 Å². The molecule has 82 valence electrons. The first-order valence-corrected chi connectivity index (χ1v) is 4.90. The molecule has 1 amide bonds. The third-order valence-corrected chi connectivity index (χ3v) is 2.54. The fourth-order valence-corrected chi connectivity index (χ4v) is 1.69. The van der Waals surface area contributed by atoms with Crippen LogP contribution in [0, 0.1) is 4.91 Å². The minimum Gasteiger partial charge on any atom is -0.281 e. The SMILES string of the molecule is CC1=C(C(=O)N=O)CNN1c1ccccc1. The quantitative estimate of drug-likeness (QED) is 0.764. The summed E-state index contributed by atoms with van der Waals surface area (Å²) in [6.45, 7) is 2.12. The summed E-state index contributed by atoms with van der Waals surface area (Å²) >= 11 is 0. The van der Waals surface area contributed by atoms with Crippen LogP contribution in [0.15, 0.2) is 46.8 Å². The van der Waals surface area contributed by atoms with E-state index in [1.165, 1.54) is 0 Å². The highest BCUT2D eigenvalue weighted by Crippen LogP contribution is 2.23. The monoisotopic (exact) mass is 217 g/mol. The summed E-state index contributed by atoms with van der Waals surface area (Å²) in [6, 6.07) is 9.55. The number of carbonyl (C=O) groups excluding carboxylic acids is 1. The number of nitrogens with zero attached hydrogens (tertiary/aromatic N) is 2. The highest BCUT2D eigenvalue weighted by Gasteiger charge is 2.25. The molecule has 0 saturated carbocycles. The van der Waals surface area contributed by atoms with Gasteiger partial charge in [0.2, 0.25) is 0 Å². The van der Waals surface area contributed by atoms with Crippen LogP contribution in [0.2, 0.25) is 0 Å².